The summed E-state index contributed by atoms with van der Waals surface area (Å²) in [5.41, 5.74) is -0.146. The third-order valence-electron chi connectivity index (χ3n) is 5.08. The van der Waals surface area contributed by atoms with Crippen LogP contribution in [-0.4, -0.2) is 50.3 Å². The smallest absolute Gasteiger partial charge is 0.416 e. The highest BCUT2D eigenvalue weighted by atomic mass is 32.2. The molecule has 1 amide bonds. The van der Waals surface area contributed by atoms with Gasteiger partial charge in [-0.2, -0.15) is 13.2 Å². The number of hydrogen-bond donors (Lipinski definition) is 2. The van der Waals surface area contributed by atoms with E-state index in [1.165, 1.54) is 62.8 Å². The van der Waals surface area contributed by atoms with E-state index in [1.54, 1.807) is 6.92 Å². The van der Waals surface area contributed by atoms with Gasteiger partial charge in [0.25, 0.3) is 5.91 Å². The van der Waals surface area contributed by atoms with E-state index >= 15 is 0 Å². The van der Waals surface area contributed by atoms with Crippen LogP contribution in [0.2, 0.25) is 0 Å². The van der Waals surface area contributed by atoms with Crippen molar-refractivity contribution in [3.63, 3.8) is 0 Å². The van der Waals surface area contributed by atoms with Crippen LogP contribution in [0.1, 0.15) is 21.5 Å². The van der Waals surface area contributed by atoms with Crippen LogP contribution in [0.4, 0.5) is 30.4 Å². The molecule has 9 nitrogen and oxygen atoms in total. The molecule has 0 fully saturated rings. The van der Waals surface area contributed by atoms with Gasteiger partial charge in [0.2, 0.25) is 10.0 Å². The van der Waals surface area contributed by atoms with E-state index in [2.05, 4.69) is 15.6 Å². The number of aromatic nitrogens is 1. The van der Waals surface area contributed by atoms with Crippen LogP contribution in [0.3, 0.4) is 0 Å². The van der Waals surface area contributed by atoms with Gasteiger partial charge in [0.1, 0.15) is 11.4 Å². The normalized spacial score (nSPS) is 11.8. The Balaban J connectivity index is 1.70. The number of rotatable bonds is 8. The Morgan fingerprint density at radius 3 is 2.46 bits per heavy atom. The number of ether oxygens (including phenoxy) is 1. The minimum atomic E-state index is -4.55. The summed E-state index contributed by atoms with van der Waals surface area (Å²) in [6.45, 7) is 0.954. The molecule has 0 spiro atoms. The maximum Gasteiger partial charge on any atom is 0.416 e. The van der Waals surface area contributed by atoms with E-state index in [0.29, 0.717) is 5.56 Å². The number of alkyl halides is 3. The zero-order valence-corrected chi connectivity index (χ0v) is 20.8. The summed E-state index contributed by atoms with van der Waals surface area (Å²) in [5.74, 6) is -1.74. The minimum absolute atomic E-state index is 0.0314. The quantitative estimate of drug-likeness (QED) is 0.415. The minimum Gasteiger partial charge on any atom is -0.452 e. The van der Waals surface area contributed by atoms with E-state index in [4.69, 9.17) is 4.74 Å². The predicted molar refractivity (Wildman–Crippen MR) is 130 cm³/mol. The molecule has 0 unspecified atom stereocenters. The molecule has 196 valence electrons. The second-order valence-electron chi connectivity index (χ2n) is 7.99. The van der Waals surface area contributed by atoms with Gasteiger partial charge in [-0.25, -0.2) is 22.5 Å². The molecule has 0 bridgehead atoms. The maximum atomic E-state index is 13.0. The zero-order valence-electron chi connectivity index (χ0n) is 20.0. The first kappa shape index (κ1) is 27.6. The van der Waals surface area contributed by atoms with Crippen molar-refractivity contribution in [2.45, 2.75) is 18.0 Å². The number of amides is 1. The lowest BCUT2D eigenvalue weighted by Crippen LogP contribution is -2.24. The summed E-state index contributed by atoms with van der Waals surface area (Å²) in [4.78, 5) is 29.0. The molecule has 1 aromatic heterocycles. The average molecular weight is 537 g/mol. The standard InChI is InChI=1S/C24H23F3N4O5S/c1-15-9-10-18(37(34,35)31(2)3)13-20(15)30-21(32)14-36-23(33)19-8-5-11-28-22(19)29-17-7-4-6-16(12-17)24(25,26)27/h4-13H,14H2,1-3H3,(H,28,29)(H,30,32). The van der Waals surface area contributed by atoms with E-state index in [0.717, 1.165) is 16.4 Å². The van der Waals surface area contributed by atoms with E-state index in [1.807, 2.05) is 0 Å². The monoisotopic (exact) mass is 536 g/mol. The van der Waals surface area contributed by atoms with E-state index in [9.17, 15) is 31.2 Å². The van der Waals surface area contributed by atoms with Gasteiger partial charge in [-0.15, -0.1) is 0 Å². The summed E-state index contributed by atoms with van der Waals surface area (Å²) in [5, 5.41) is 5.16. The molecule has 3 aromatic rings. The number of benzene rings is 2. The molecule has 1 heterocycles. The van der Waals surface area contributed by atoms with Gasteiger partial charge in [0, 0.05) is 31.7 Å². The number of nitrogens with zero attached hydrogens (tertiary/aromatic N) is 2. The van der Waals surface area contributed by atoms with Crippen molar-refractivity contribution in [2.75, 3.05) is 31.3 Å². The lowest BCUT2D eigenvalue weighted by atomic mass is 10.2. The van der Waals surface area contributed by atoms with Gasteiger partial charge < -0.3 is 15.4 Å². The van der Waals surface area contributed by atoms with Gasteiger partial charge >= 0.3 is 12.1 Å². The van der Waals surface area contributed by atoms with Crippen LogP contribution >= 0.6 is 0 Å². The summed E-state index contributed by atoms with van der Waals surface area (Å²) in [6, 6.07) is 11.3. The van der Waals surface area contributed by atoms with Crippen molar-refractivity contribution in [1.82, 2.24) is 9.29 Å². The molecule has 2 aromatic carbocycles. The Labute approximate surface area is 211 Å². The number of esters is 1. The van der Waals surface area contributed by atoms with Crippen molar-refractivity contribution in [2.24, 2.45) is 0 Å². The lowest BCUT2D eigenvalue weighted by Gasteiger charge is -2.15. The molecule has 0 saturated carbocycles. The van der Waals surface area contributed by atoms with Crippen molar-refractivity contribution >= 4 is 39.1 Å². The topological polar surface area (TPSA) is 118 Å². The number of hydrogen-bond acceptors (Lipinski definition) is 7. The molecule has 0 atom stereocenters. The molecule has 0 aliphatic rings. The Morgan fingerprint density at radius 1 is 1.05 bits per heavy atom. The molecule has 2 N–H and O–H groups in total. The number of pyridine rings is 1. The highest BCUT2D eigenvalue weighted by Crippen LogP contribution is 2.31. The Hall–Kier alpha value is -3.97. The van der Waals surface area contributed by atoms with Crippen molar-refractivity contribution < 1.29 is 35.9 Å². The molecule has 0 radical (unpaired) electrons. The summed E-state index contributed by atoms with van der Waals surface area (Å²) in [7, 11) is -0.982. The van der Waals surface area contributed by atoms with Gasteiger partial charge in [-0.05, 0) is 55.0 Å². The predicted octanol–water partition coefficient (Wildman–Crippen LogP) is 4.20. The van der Waals surface area contributed by atoms with Gasteiger partial charge in [-0.1, -0.05) is 12.1 Å². The highest BCUT2D eigenvalue weighted by molar-refractivity contribution is 7.89. The zero-order chi connectivity index (χ0) is 27.4. The molecular formula is C24H23F3N4O5S. The van der Waals surface area contributed by atoms with E-state index < -0.39 is 40.2 Å². The van der Waals surface area contributed by atoms with Crippen molar-refractivity contribution in [3.05, 3.63) is 77.5 Å². The fraction of sp³-hybridized carbons (Fsp3) is 0.208. The Bertz CT molecular complexity index is 1430. The molecule has 0 aliphatic carbocycles. The number of anilines is 3. The first-order valence-corrected chi connectivity index (χ1v) is 12.1. The molecular weight excluding hydrogens is 513 g/mol. The second kappa shape index (κ2) is 11.0. The summed E-state index contributed by atoms with van der Waals surface area (Å²) >= 11 is 0. The van der Waals surface area contributed by atoms with Crippen LogP contribution in [0.25, 0.3) is 0 Å². The number of nitrogens with one attached hydrogen (secondary N) is 2. The van der Waals surface area contributed by atoms with Crippen LogP contribution in [0.15, 0.2) is 65.7 Å². The molecule has 3 rings (SSSR count). The largest absolute Gasteiger partial charge is 0.452 e. The fourth-order valence-corrected chi connectivity index (χ4v) is 4.01. The lowest BCUT2D eigenvalue weighted by molar-refractivity contribution is -0.137. The molecule has 0 saturated heterocycles. The molecule has 0 aliphatic heterocycles. The summed E-state index contributed by atoms with van der Waals surface area (Å²) < 4.78 is 69.8. The first-order chi connectivity index (χ1) is 17.3. The number of carbonyl (C=O) groups is 2. The number of halogens is 3. The number of aryl methyl sites for hydroxylation is 1. The number of sulfonamides is 1. The Morgan fingerprint density at radius 2 is 1.78 bits per heavy atom. The van der Waals surface area contributed by atoms with Gasteiger partial charge in [0.15, 0.2) is 6.61 Å². The molecule has 37 heavy (non-hydrogen) atoms. The number of carbonyl (C=O) groups excluding carboxylic acids is 2. The van der Waals surface area contributed by atoms with Crippen molar-refractivity contribution in [3.8, 4) is 0 Å². The summed E-state index contributed by atoms with van der Waals surface area (Å²) in [6.07, 6.45) is -3.22. The Kier molecular flexibility index (Phi) is 8.18. The highest BCUT2D eigenvalue weighted by Gasteiger charge is 2.30. The third kappa shape index (κ3) is 6.83. The molecule has 13 heteroatoms. The second-order valence-corrected chi connectivity index (χ2v) is 10.1. The van der Waals surface area contributed by atoms with E-state index in [-0.39, 0.29) is 27.7 Å². The van der Waals surface area contributed by atoms with Crippen LogP contribution in [0.5, 0.6) is 0 Å². The fourth-order valence-electron chi connectivity index (χ4n) is 3.08. The van der Waals surface area contributed by atoms with Crippen molar-refractivity contribution in [1.29, 1.82) is 0 Å². The van der Waals surface area contributed by atoms with Gasteiger partial charge in [-0.3, -0.25) is 4.79 Å². The maximum absolute atomic E-state index is 13.0. The van der Waals surface area contributed by atoms with Crippen LogP contribution < -0.4 is 10.6 Å². The first-order valence-electron chi connectivity index (χ1n) is 10.7. The van der Waals surface area contributed by atoms with Crippen LogP contribution in [0, 0.1) is 6.92 Å². The van der Waals surface area contributed by atoms with Gasteiger partial charge in [0.05, 0.1) is 10.5 Å². The third-order valence-corrected chi connectivity index (χ3v) is 6.89. The SMILES string of the molecule is Cc1ccc(S(=O)(=O)N(C)C)cc1NC(=O)COC(=O)c1cccnc1Nc1cccc(C(F)(F)F)c1. The average Bonchev–Trinajstić information content (AvgIpc) is 2.83. The van der Waals surface area contributed by atoms with Crippen LogP contribution in [-0.2, 0) is 25.7 Å².